The number of nitriles is 1. The van der Waals surface area contributed by atoms with Crippen LogP contribution in [0.4, 0.5) is 0 Å². The van der Waals surface area contributed by atoms with Gasteiger partial charge in [0.15, 0.2) is 0 Å². The maximum absolute atomic E-state index is 11.5. The van der Waals surface area contributed by atoms with E-state index in [9.17, 15) is 9.59 Å². The summed E-state index contributed by atoms with van der Waals surface area (Å²) in [5.74, 6) is -0.263. The van der Waals surface area contributed by atoms with Crippen molar-refractivity contribution in [2.24, 2.45) is 0 Å². The Balaban J connectivity index is 4.20. The van der Waals surface area contributed by atoms with Crippen LogP contribution in [-0.2, 0) is 14.3 Å². The van der Waals surface area contributed by atoms with E-state index in [1.807, 2.05) is 6.26 Å². The van der Waals surface area contributed by atoms with Crippen molar-refractivity contribution >= 4 is 23.6 Å². The molecule has 1 unspecified atom stereocenters. The average molecular weight is 245 g/mol. The van der Waals surface area contributed by atoms with E-state index in [4.69, 9.17) is 5.26 Å². The summed E-state index contributed by atoms with van der Waals surface area (Å²) in [5.41, 5.74) is 0. The fraction of sp³-hybridized carbons (Fsp3) is 0.667. The quantitative estimate of drug-likeness (QED) is 0.568. The summed E-state index contributed by atoms with van der Waals surface area (Å²) in [7, 11) is 1.40. The minimum absolute atomic E-state index is 0.0656. The van der Waals surface area contributed by atoms with Crippen LogP contribution in [0.3, 0.4) is 0 Å². The van der Waals surface area contributed by atoms with E-state index in [-0.39, 0.29) is 25.0 Å². The van der Waals surface area contributed by atoms with Crippen LogP contribution in [0.5, 0.6) is 0 Å². The number of nitrogens with one attached hydrogen (secondary N) is 2. The Morgan fingerprint density at radius 3 is 2.75 bits per heavy atom. The minimum Gasteiger partial charge on any atom is -0.375 e. The van der Waals surface area contributed by atoms with E-state index >= 15 is 0 Å². The van der Waals surface area contributed by atoms with E-state index in [0.717, 1.165) is 0 Å². The van der Waals surface area contributed by atoms with Gasteiger partial charge in [0.2, 0.25) is 11.8 Å². The number of hydrogen-bond donors (Lipinski definition) is 2. The number of nitrogens with zero attached hydrogens (tertiary/aromatic N) is 1. The summed E-state index contributed by atoms with van der Waals surface area (Å²) < 4.78 is 4.64. The van der Waals surface area contributed by atoms with Crippen LogP contribution in [0.1, 0.15) is 0 Å². The van der Waals surface area contributed by atoms with E-state index in [0.29, 0.717) is 5.75 Å². The maximum atomic E-state index is 11.5. The number of methoxy groups -OCH3 is 1. The SMILES string of the molecule is COCC(=O)NC(CSC)C(=O)NCC#N. The fourth-order valence-electron chi connectivity index (χ4n) is 0.967. The molecule has 0 aliphatic rings. The largest absolute Gasteiger partial charge is 0.375 e. The van der Waals surface area contributed by atoms with Gasteiger partial charge in [-0.2, -0.15) is 17.0 Å². The number of ether oxygens (including phenoxy) is 1. The fourth-order valence-corrected chi connectivity index (χ4v) is 1.53. The van der Waals surface area contributed by atoms with Crippen molar-refractivity contribution in [1.29, 1.82) is 5.26 Å². The van der Waals surface area contributed by atoms with Gasteiger partial charge >= 0.3 is 0 Å². The summed E-state index contributed by atoms with van der Waals surface area (Å²) in [6.45, 7) is -0.153. The summed E-state index contributed by atoms with van der Waals surface area (Å²) >= 11 is 1.43. The molecule has 0 radical (unpaired) electrons. The number of carbonyl (C=O) groups is 2. The second-order valence-electron chi connectivity index (χ2n) is 2.88. The van der Waals surface area contributed by atoms with Crippen molar-refractivity contribution in [1.82, 2.24) is 10.6 Å². The first-order valence-corrected chi connectivity index (χ1v) is 5.97. The minimum atomic E-state index is -0.633. The highest BCUT2D eigenvalue weighted by atomic mass is 32.2. The van der Waals surface area contributed by atoms with Gasteiger partial charge < -0.3 is 15.4 Å². The molecule has 6 nitrogen and oxygen atoms in total. The van der Waals surface area contributed by atoms with Crippen molar-refractivity contribution in [2.75, 3.05) is 32.3 Å². The molecule has 16 heavy (non-hydrogen) atoms. The van der Waals surface area contributed by atoms with Crippen LogP contribution in [-0.4, -0.2) is 50.1 Å². The molecule has 0 bridgehead atoms. The molecule has 7 heteroatoms. The van der Waals surface area contributed by atoms with E-state index in [1.165, 1.54) is 18.9 Å². The topological polar surface area (TPSA) is 91.2 Å². The van der Waals surface area contributed by atoms with Crippen molar-refractivity contribution < 1.29 is 14.3 Å². The lowest BCUT2D eigenvalue weighted by atomic mass is 10.3. The summed E-state index contributed by atoms with van der Waals surface area (Å²) in [6, 6.07) is 1.16. The van der Waals surface area contributed by atoms with Gasteiger partial charge in [0.1, 0.15) is 19.2 Å². The summed E-state index contributed by atoms with van der Waals surface area (Å²) in [4.78, 5) is 22.7. The van der Waals surface area contributed by atoms with Gasteiger partial charge in [0, 0.05) is 12.9 Å². The molecule has 0 aliphatic carbocycles. The van der Waals surface area contributed by atoms with Crippen molar-refractivity contribution in [3.05, 3.63) is 0 Å². The molecule has 0 rings (SSSR count). The van der Waals surface area contributed by atoms with Crippen LogP contribution >= 0.6 is 11.8 Å². The zero-order valence-corrected chi connectivity index (χ0v) is 10.1. The molecule has 0 aromatic heterocycles. The van der Waals surface area contributed by atoms with E-state index in [1.54, 1.807) is 6.07 Å². The first kappa shape index (κ1) is 14.7. The predicted octanol–water partition coefficient (Wildman–Crippen LogP) is -0.880. The van der Waals surface area contributed by atoms with E-state index in [2.05, 4.69) is 15.4 Å². The van der Waals surface area contributed by atoms with Crippen molar-refractivity contribution in [3.8, 4) is 6.07 Å². The van der Waals surface area contributed by atoms with Crippen molar-refractivity contribution in [2.45, 2.75) is 6.04 Å². The second-order valence-corrected chi connectivity index (χ2v) is 3.80. The van der Waals surface area contributed by atoms with Crippen LogP contribution in [0.2, 0.25) is 0 Å². The Labute approximate surface area is 98.7 Å². The molecule has 0 spiro atoms. The van der Waals surface area contributed by atoms with Gasteiger partial charge in [-0.3, -0.25) is 9.59 Å². The highest BCUT2D eigenvalue weighted by Gasteiger charge is 2.19. The Bertz CT molecular complexity index is 278. The molecule has 2 N–H and O–H groups in total. The van der Waals surface area contributed by atoms with Gasteiger partial charge in [-0.05, 0) is 6.26 Å². The normalized spacial score (nSPS) is 11.3. The second kappa shape index (κ2) is 9.00. The van der Waals surface area contributed by atoms with Crippen LogP contribution in [0.15, 0.2) is 0 Å². The molecule has 0 heterocycles. The third-order valence-electron chi connectivity index (χ3n) is 1.60. The number of hydrogen-bond acceptors (Lipinski definition) is 5. The first-order chi connectivity index (χ1) is 7.65. The Morgan fingerprint density at radius 1 is 1.56 bits per heavy atom. The number of amides is 2. The van der Waals surface area contributed by atoms with Crippen molar-refractivity contribution in [3.63, 3.8) is 0 Å². The standard InChI is InChI=1S/C9H15N3O3S/c1-15-5-8(13)12-7(6-16-2)9(14)11-4-3-10/h7H,4-6H2,1-2H3,(H,11,14)(H,12,13). The Morgan fingerprint density at radius 2 is 2.25 bits per heavy atom. The molecule has 0 fully saturated rings. The summed E-state index contributed by atoms with van der Waals surface area (Å²) in [5, 5.41) is 13.2. The molecular formula is C9H15N3O3S. The molecular weight excluding hydrogens is 230 g/mol. The smallest absolute Gasteiger partial charge is 0.246 e. The molecule has 0 aromatic carbocycles. The highest BCUT2D eigenvalue weighted by molar-refractivity contribution is 7.98. The summed E-state index contributed by atoms with van der Waals surface area (Å²) in [6.07, 6.45) is 1.83. The Kier molecular flexibility index (Phi) is 8.29. The molecule has 0 aromatic rings. The maximum Gasteiger partial charge on any atom is 0.246 e. The van der Waals surface area contributed by atoms with Gasteiger partial charge in [-0.15, -0.1) is 0 Å². The third kappa shape index (κ3) is 6.27. The van der Waals surface area contributed by atoms with Gasteiger partial charge in [-0.1, -0.05) is 0 Å². The zero-order chi connectivity index (χ0) is 12.4. The number of thioether (sulfide) groups is 1. The zero-order valence-electron chi connectivity index (χ0n) is 9.28. The Hall–Kier alpha value is -1.26. The van der Waals surface area contributed by atoms with Crippen LogP contribution < -0.4 is 10.6 Å². The third-order valence-corrected chi connectivity index (χ3v) is 2.27. The molecule has 2 amide bonds. The highest BCUT2D eigenvalue weighted by Crippen LogP contribution is 1.97. The number of carbonyl (C=O) groups excluding carboxylic acids is 2. The van der Waals surface area contributed by atoms with Crippen LogP contribution in [0, 0.1) is 11.3 Å². The lowest BCUT2D eigenvalue weighted by Crippen LogP contribution is -2.49. The molecule has 1 atom stereocenters. The average Bonchev–Trinajstić information content (AvgIpc) is 2.25. The number of rotatable bonds is 7. The molecule has 0 saturated heterocycles. The lowest BCUT2D eigenvalue weighted by molar-refractivity contribution is -0.130. The van der Waals surface area contributed by atoms with E-state index < -0.39 is 6.04 Å². The molecule has 90 valence electrons. The van der Waals surface area contributed by atoms with Gasteiger partial charge in [-0.25, -0.2) is 0 Å². The van der Waals surface area contributed by atoms with Gasteiger partial charge in [0.05, 0.1) is 6.07 Å². The molecule has 0 aliphatic heterocycles. The predicted molar refractivity (Wildman–Crippen MR) is 60.8 cm³/mol. The van der Waals surface area contributed by atoms with Gasteiger partial charge in [0.25, 0.3) is 0 Å². The molecule has 0 saturated carbocycles. The first-order valence-electron chi connectivity index (χ1n) is 4.57. The van der Waals surface area contributed by atoms with Crippen LogP contribution in [0.25, 0.3) is 0 Å². The lowest BCUT2D eigenvalue weighted by Gasteiger charge is -2.16. The monoisotopic (exact) mass is 245 g/mol.